The maximum absolute atomic E-state index is 13.1. The Morgan fingerprint density at radius 3 is 1.94 bits per heavy atom. The number of Topliss-reactive ketones (excluding diaryl/α,β-unsaturated/α-hetero) is 1. The highest BCUT2D eigenvalue weighted by Crippen LogP contribution is 2.39. The zero-order valence-electron chi connectivity index (χ0n) is 17.4. The summed E-state index contributed by atoms with van der Waals surface area (Å²) in [5, 5.41) is 0. The van der Waals surface area contributed by atoms with Crippen molar-refractivity contribution in [3.63, 3.8) is 0 Å². The molecule has 160 valence electrons. The maximum atomic E-state index is 13.1. The van der Waals surface area contributed by atoms with Gasteiger partial charge < -0.3 is 4.74 Å². The maximum Gasteiger partial charge on any atom is 0.330 e. The van der Waals surface area contributed by atoms with Crippen molar-refractivity contribution in [1.29, 1.82) is 0 Å². The third-order valence-electron chi connectivity index (χ3n) is 6.24. The van der Waals surface area contributed by atoms with Crippen molar-refractivity contribution >= 4 is 23.6 Å². The minimum Gasteiger partial charge on any atom is -0.447 e. The summed E-state index contributed by atoms with van der Waals surface area (Å²) in [4.78, 5) is 52.9. The van der Waals surface area contributed by atoms with Crippen LogP contribution in [0.5, 0.6) is 0 Å². The van der Waals surface area contributed by atoms with Crippen molar-refractivity contribution in [2.75, 3.05) is 0 Å². The molecule has 6 nitrogen and oxygen atoms in total. The molecule has 0 N–H and O–H groups in total. The van der Waals surface area contributed by atoms with E-state index in [1.54, 1.807) is 60.7 Å². The lowest BCUT2D eigenvalue weighted by Gasteiger charge is -2.24. The lowest BCUT2D eigenvalue weighted by Crippen LogP contribution is -2.45. The normalized spacial score (nSPS) is 22.5. The SMILES string of the molecule is CC(C(=O)OC(C(=O)c1ccccc1)c1ccccc1)N1C(=O)C2CCCCC2C1=O. The van der Waals surface area contributed by atoms with Crippen LogP contribution in [0, 0.1) is 11.8 Å². The van der Waals surface area contributed by atoms with Crippen molar-refractivity contribution in [1.82, 2.24) is 4.90 Å². The smallest absolute Gasteiger partial charge is 0.330 e. The molecule has 0 radical (unpaired) electrons. The van der Waals surface area contributed by atoms with E-state index < -0.39 is 18.1 Å². The van der Waals surface area contributed by atoms with Gasteiger partial charge in [0.1, 0.15) is 6.04 Å². The molecule has 0 spiro atoms. The molecule has 1 aliphatic carbocycles. The van der Waals surface area contributed by atoms with Gasteiger partial charge in [0.15, 0.2) is 6.10 Å². The predicted molar refractivity (Wildman–Crippen MR) is 113 cm³/mol. The lowest BCUT2D eigenvalue weighted by atomic mass is 9.81. The van der Waals surface area contributed by atoms with E-state index in [1.807, 2.05) is 0 Å². The molecule has 1 aliphatic heterocycles. The highest BCUT2D eigenvalue weighted by Gasteiger charge is 2.51. The van der Waals surface area contributed by atoms with Gasteiger partial charge in [-0.3, -0.25) is 19.3 Å². The highest BCUT2D eigenvalue weighted by molar-refractivity contribution is 6.08. The monoisotopic (exact) mass is 419 g/mol. The number of benzene rings is 2. The van der Waals surface area contributed by atoms with Gasteiger partial charge in [0, 0.05) is 11.1 Å². The summed E-state index contributed by atoms with van der Waals surface area (Å²) in [6.07, 6.45) is 2.01. The van der Waals surface area contributed by atoms with Crippen LogP contribution < -0.4 is 0 Å². The number of ether oxygens (including phenoxy) is 1. The Bertz CT molecular complexity index is 963. The number of ketones is 1. The molecule has 4 unspecified atom stereocenters. The van der Waals surface area contributed by atoms with Crippen LogP contribution in [0.25, 0.3) is 0 Å². The molecule has 2 aromatic rings. The lowest BCUT2D eigenvalue weighted by molar-refractivity contribution is -0.160. The van der Waals surface area contributed by atoms with Crippen LogP contribution in [-0.2, 0) is 19.1 Å². The van der Waals surface area contributed by atoms with Gasteiger partial charge in [-0.05, 0) is 19.8 Å². The molecule has 2 aliphatic rings. The van der Waals surface area contributed by atoms with Gasteiger partial charge in [0.25, 0.3) is 0 Å². The Balaban J connectivity index is 1.57. The summed E-state index contributed by atoms with van der Waals surface area (Å²) in [5.41, 5.74) is 0.945. The van der Waals surface area contributed by atoms with E-state index in [9.17, 15) is 19.2 Å². The van der Waals surface area contributed by atoms with Crippen LogP contribution in [0.2, 0.25) is 0 Å². The second-order valence-corrected chi connectivity index (χ2v) is 8.18. The van der Waals surface area contributed by atoms with Crippen LogP contribution in [0.3, 0.4) is 0 Å². The minimum absolute atomic E-state index is 0.301. The number of imide groups is 1. The fraction of sp³-hybridized carbons (Fsp3) is 0.360. The number of hydrogen-bond donors (Lipinski definition) is 0. The Morgan fingerprint density at radius 2 is 1.39 bits per heavy atom. The van der Waals surface area contributed by atoms with Crippen LogP contribution in [0.15, 0.2) is 60.7 Å². The van der Waals surface area contributed by atoms with Crippen molar-refractivity contribution in [3.8, 4) is 0 Å². The van der Waals surface area contributed by atoms with E-state index in [-0.39, 0.29) is 29.4 Å². The Labute approximate surface area is 181 Å². The zero-order valence-corrected chi connectivity index (χ0v) is 17.4. The third-order valence-corrected chi connectivity index (χ3v) is 6.24. The number of nitrogens with zero attached hydrogens (tertiary/aromatic N) is 1. The van der Waals surface area contributed by atoms with Crippen LogP contribution in [-0.4, -0.2) is 34.5 Å². The molecule has 1 saturated heterocycles. The number of hydrogen-bond acceptors (Lipinski definition) is 5. The molecule has 2 aromatic carbocycles. The van der Waals surface area contributed by atoms with E-state index in [1.165, 1.54) is 6.92 Å². The van der Waals surface area contributed by atoms with Crippen LogP contribution >= 0.6 is 0 Å². The molecule has 4 rings (SSSR count). The average molecular weight is 419 g/mol. The standard InChI is InChI=1S/C25H25NO5/c1-16(26-23(28)19-14-8-9-15-20(19)24(26)29)25(30)31-22(18-12-6-3-7-13-18)21(27)17-10-4-2-5-11-17/h2-7,10-13,16,19-20,22H,8-9,14-15H2,1H3. The van der Waals surface area contributed by atoms with Gasteiger partial charge >= 0.3 is 5.97 Å². The second kappa shape index (κ2) is 8.84. The van der Waals surface area contributed by atoms with Gasteiger partial charge in [-0.1, -0.05) is 73.5 Å². The fourth-order valence-electron chi connectivity index (χ4n) is 4.54. The highest BCUT2D eigenvalue weighted by atomic mass is 16.5. The van der Waals surface area contributed by atoms with Crippen molar-refractivity contribution in [2.45, 2.75) is 44.8 Å². The van der Waals surface area contributed by atoms with E-state index in [0.717, 1.165) is 17.7 Å². The van der Waals surface area contributed by atoms with Crippen molar-refractivity contribution in [2.24, 2.45) is 11.8 Å². The zero-order chi connectivity index (χ0) is 22.0. The largest absolute Gasteiger partial charge is 0.447 e. The van der Waals surface area contributed by atoms with Gasteiger partial charge in [0.2, 0.25) is 17.6 Å². The number of amides is 2. The van der Waals surface area contributed by atoms with Crippen LogP contribution in [0.1, 0.15) is 54.6 Å². The quantitative estimate of drug-likeness (QED) is 0.405. The van der Waals surface area contributed by atoms with Gasteiger partial charge in [-0.25, -0.2) is 4.79 Å². The number of fused-ring (bicyclic) bond motifs is 1. The second-order valence-electron chi connectivity index (χ2n) is 8.18. The molecule has 2 fully saturated rings. The first-order valence-corrected chi connectivity index (χ1v) is 10.7. The first-order valence-electron chi connectivity index (χ1n) is 10.7. The average Bonchev–Trinajstić information content (AvgIpc) is 3.07. The van der Waals surface area contributed by atoms with E-state index in [0.29, 0.717) is 24.0 Å². The molecule has 6 heteroatoms. The van der Waals surface area contributed by atoms with Gasteiger partial charge in [-0.2, -0.15) is 0 Å². The van der Waals surface area contributed by atoms with E-state index in [4.69, 9.17) is 4.74 Å². The minimum atomic E-state index is -1.16. The van der Waals surface area contributed by atoms with E-state index >= 15 is 0 Å². The Hall–Kier alpha value is -3.28. The molecule has 2 amide bonds. The number of likely N-dealkylation sites (tertiary alicyclic amines) is 1. The first kappa shape index (κ1) is 21.0. The summed E-state index contributed by atoms with van der Waals surface area (Å²) in [6, 6.07) is 16.3. The molecule has 0 bridgehead atoms. The summed E-state index contributed by atoms with van der Waals surface area (Å²) in [7, 11) is 0. The molecule has 31 heavy (non-hydrogen) atoms. The van der Waals surface area contributed by atoms with Crippen LogP contribution in [0.4, 0.5) is 0 Å². The number of carbonyl (C=O) groups is 4. The topological polar surface area (TPSA) is 80.8 Å². The third kappa shape index (κ3) is 4.02. The molecular weight excluding hydrogens is 394 g/mol. The Kier molecular flexibility index (Phi) is 5.98. The first-order chi connectivity index (χ1) is 15.0. The number of esters is 1. The van der Waals surface area contributed by atoms with E-state index in [2.05, 4.69) is 0 Å². The van der Waals surface area contributed by atoms with Crippen molar-refractivity contribution < 1.29 is 23.9 Å². The fourth-order valence-corrected chi connectivity index (χ4v) is 4.54. The Morgan fingerprint density at radius 1 is 0.871 bits per heavy atom. The molecule has 1 saturated carbocycles. The molecule has 4 atom stereocenters. The summed E-state index contributed by atoms with van der Waals surface area (Å²) in [5.74, 6) is -2.41. The van der Waals surface area contributed by atoms with Gasteiger partial charge in [0.05, 0.1) is 11.8 Å². The summed E-state index contributed by atoms with van der Waals surface area (Å²) >= 11 is 0. The molecule has 1 heterocycles. The number of carbonyl (C=O) groups excluding carboxylic acids is 4. The molecular formula is C25H25NO5. The summed E-state index contributed by atoms with van der Waals surface area (Å²) < 4.78 is 5.64. The molecule has 0 aromatic heterocycles. The summed E-state index contributed by atoms with van der Waals surface area (Å²) in [6.45, 7) is 1.49. The number of rotatable bonds is 6. The van der Waals surface area contributed by atoms with Gasteiger partial charge in [-0.15, -0.1) is 0 Å². The predicted octanol–water partition coefficient (Wildman–Crippen LogP) is 3.72. The van der Waals surface area contributed by atoms with Crippen molar-refractivity contribution in [3.05, 3.63) is 71.8 Å².